The first kappa shape index (κ1) is 15.8. The average molecular weight is 321 g/mol. The van der Waals surface area contributed by atoms with E-state index in [0.29, 0.717) is 0 Å². The molecule has 2 aromatic heterocycles. The third kappa shape index (κ3) is 3.33. The number of carbonyl (C=O) groups excluding carboxylic acids is 1. The predicted molar refractivity (Wildman–Crippen MR) is 62.2 cm³/mol. The highest BCUT2D eigenvalue weighted by molar-refractivity contribution is 5.97. The van der Waals surface area contributed by atoms with E-state index in [-0.39, 0.29) is 17.6 Å². The summed E-state index contributed by atoms with van der Waals surface area (Å²) in [6, 6.07) is 0. The lowest BCUT2D eigenvalue weighted by Gasteiger charge is -2.07. The van der Waals surface area contributed by atoms with Gasteiger partial charge in [-0.3, -0.25) is 14.5 Å². The van der Waals surface area contributed by atoms with E-state index in [0.717, 1.165) is 4.68 Å². The number of H-pyrrole nitrogens is 2. The van der Waals surface area contributed by atoms with Gasteiger partial charge in [0.1, 0.15) is 17.8 Å². The van der Waals surface area contributed by atoms with Crippen molar-refractivity contribution >= 4 is 17.0 Å². The second kappa shape index (κ2) is 5.63. The van der Waals surface area contributed by atoms with E-state index in [2.05, 4.69) is 14.8 Å². The zero-order chi connectivity index (χ0) is 16.5. The minimum absolute atomic E-state index is 0.311. The number of carbonyl (C=O) groups is 1. The van der Waals surface area contributed by atoms with Gasteiger partial charge in [0.15, 0.2) is 5.52 Å². The summed E-state index contributed by atoms with van der Waals surface area (Å²) in [5, 5.41) is 14.4. The molecule has 0 aliphatic carbocycles. The van der Waals surface area contributed by atoms with Gasteiger partial charge in [-0.15, -0.1) is 0 Å². The molecule has 0 amide bonds. The largest absolute Gasteiger partial charge is 0.543 e. The Morgan fingerprint density at radius 3 is 2.59 bits per heavy atom. The van der Waals surface area contributed by atoms with Crippen LogP contribution in [0, 0.1) is 0 Å². The number of carboxylic acid groups (broad SMARTS) is 1. The molecule has 2 heterocycles. The highest BCUT2D eigenvalue weighted by Crippen LogP contribution is 2.15. The fourth-order valence-electron chi connectivity index (χ4n) is 1.76. The molecule has 12 heteroatoms. The third-order valence-corrected chi connectivity index (χ3v) is 2.54. The Labute approximate surface area is 118 Å². The Morgan fingerprint density at radius 2 is 2.00 bits per heavy atom. The van der Waals surface area contributed by atoms with E-state index in [4.69, 9.17) is 0 Å². The van der Waals surface area contributed by atoms with Crippen LogP contribution in [0.5, 0.6) is 0 Å². The lowest BCUT2D eigenvalue weighted by Crippen LogP contribution is -2.25. The lowest BCUT2D eigenvalue weighted by atomic mass is 10.3. The summed E-state index contributed by atoms with van der Waals surface area (Å²) in [5.41, 5.74) is -3.27. The quantitative estimate of drug-likeness (QED) is 0.634. The minimum atomic E-state index is -4.51. The highest BCUT2D eigenvalue weighted by Gasteiger charge is 2.27. The molecule has 0 aliphatic heterocycles. The molecule has 0 aliphatic rings. The number of alkyl halides is 3. The number of aromatic carboxylic acids is 1. The van der Waals surface area contributed by atoms with Crippen LogP contribution in [0.4, 0.5) is 13.2 Å². The third-order valence-electron chi connectivity index (χ3n) is 2.54. The summed E-state index contributed by atoms with van der Waals surface area (Å²) >= 11 is 0. The smallest absolute Gasteiger partial charge is 0.411 e. The fourth-order valence-corrected chi connectivity index (χ4v) is 1.76. The average Bonchev–Trinajstić information content (AvgIpc) is 2.72. The second-order valence-corrected chi connectivity index (χ2v) is 4.16. The molecule has 22 heavy (non-hydrogen) atoms. The van der Waals surface area contributed by atoms with E-state index < -0.39 is 42.3 Å². The first-order chi connectivity index (χ1) is 10.2. The number of rotatable bonds is 5. The van der Waals surface area contributed by atoms with Gasteiger partial charge in [-0.05, 0) is 0 Å². The van der Waals surface area contributed by atoms with Crippen molar-refractivity contribution in [3.63, 3.8) is 0 Å². The summed E-state index contributed by atoms with van der Waals surface area (Å²) in [6.45, 7) is -2.29. The van der Waals surface area contributed by atoms with Gasteiger partial charge in [0.05, 0.1) is 19.1 Å². The van der Waals surface area contributed by atoms with Crippen LogP contribution >= 0.6 is 0 Å². The van der Waals surface area contributed by atoms with Crippen molar-refractivity contribution in [3.05, 3.63) is 26.5 Å². The molecule has 0 atom stereocenters. The zero-order valence-electron chi connectivity index (χ0n) is 10.7. The fraction of sp³-hybridized carbons (Fsp3) is 0.400. The van der Waals surface area contributed by atoms with Crippen molar-refractivity contribution in [2.75, 3.05) is 13.2 Å². The van der Waals surface area contributed by atoms with Gasteiger partial charge in [0, 0.05) is 0 Å². The van der Waals surface area contributed by atoms with Gasteiger partial charge in [0.25, 0.3) is 5.56 Å². The number of hydrogen-bond acceptors (Lipinski definition) is 6. The zero-order valence-corrected chi connectivity index (χ0v) is 10.7. The van der Waals surface area contributed by atoms with E-state index in [9.17, 15) is 32.7 Å². The normalized spacial score (nSPS) is 12.0. The van der Waals surface area contributed by atoms with Crippen molar-refractivity contribution in [2.45, 2.75) is 12.7 Å². The molecule has 0 radical (unpaired) electrons. The highest BCUT2D eigenvalue weighted by atomic mass is 19.4. The van der Waals surface area contributed by atoms with Crippen LogP contribution in [0.2, 0.25) is 0 Å². The van der Waals surface area contributed by atoms with Crippen LogP contribution in [-0.4, -0.2) is 45.1 Å². The number of ether oxygens (including phenoxy) is 1. The lowest BCUT2D eigenvalue weighted by molar-refractivity contribution is -0.255. The first-order valence-electron chi connectivity index (χ1n) is 5.78. The molecule has 0 fully saturated rings. The van der Waals surface area contributed by atoms with Crippen LogP contribution in [0.1, 0.15) is 10.5 Å². The standard InChI is InChI=1S/C10H9F3N4O5/c11-10(12,13)3-22-2-1-17-6-4(5(16-17)8(19)20)14-9(21)15-7(6)18/h1-3H2,(H,19,20)(H2,14,15,18,21)/p-1. The Bertz CT molecular complexity index is 819. The molecule has 0 spiro atoms. The SMILES string of the molecule is O=C([O-])c1nn(CCOCC(F)(F)F)c2c(=O)[nH]c(=O)[nH]c12. The number of nitrogens with zero attached hydrogens (tertiary/aromatic N) is 2. The number of aromatic nitrogens is 4. The number of halogens is 3. The monoisotopic (exact) mass is 321 g/mol. The number of hydrogen-bond donors (Lipinski definition) is 2. The van der Waals surface area contributed by atoms with Crippen LogP contribution in [0.15, 0.2) is 9.59 Å². The van der Waals surface area contributed by atoms with Crippen molar-refractivity contribution in [2.24, 2.45) is 0 Å². The molecule has 0 aromatic carbocycles. The number of carboxylic acids is 1. The van der Waals surface area contributed by atoms with Crippen molar-refractivity contribution in [1.29, 1.82) is 0 Å². The van der Waals surface area contributed by atoms with Crippen LogP contribution in [0.25, 0.3) is 11.0 Å². The number of aromatic amines is 2. The predicted octanol–water partition coefficient (Wildman–Crippen LogP) is -1.64. The minimum Gasteiger partial charge on any atom is -0.543 e. The maximum absolute atomic E-state index is 11.9. The number of fused-ring (bicyclic) bond motifs is 1. The summed E-state index contributed by atoms with van der Waals surface area (Å²) in [6.07, 6.45) is -4.51. The molecule has 0 unspecified atom stereocenters. The maximum atomic E-state index is 11.9. The van der Waals surface area contributed by atoms with Crippen molar-refractivity contribution < 1.29 is 27.8 Å². The van der Waals surface area contributed by atoms with Gasteiger partial charge < -0.3 is 19.6 Å². The summed E-state index contributed by atoms with van der Waals surface area (Å²) in [7, 11) is 0. The molecule has 2 aromatic rings. The Morgan fingerprint density at radius 1 is 1.32 bits per heavy atom. The van der Waals surface area contributed by atoms with Crippen molar-refractivity contribution in [1.82, 2.24) is 19.7 Å². The summed E-state index contributed by atoms with van der Waals surface area (Å²) < 4.78 is 41.0. The number of nitrogens with one attached hydrogen (secondary N) is 2. The second-order valence-electron chi connectivity index (χ2n) is 4.16. The Hall–Kier alpha value is -2.63. The molecular weight excluding hydrogens is 313 g/mol. The van der Waals surface area contributed by atoms with Gasteiger partial charge in [0.2, 0.25) is 0 Å². The van der Waals surface area contributed by atoms with Crippen LogP contribution < -0.4 is 16.4 Å². The molecule has 0 bridgehead atoms. The summed E-state index contributed by atoms with van der Waals surface area (Å²) in [4.78, 5) is 37.7. The maximum Gasteiger partial charge on any atom is 0.411 e. The van der Waals surface area contributed by atoms with Crippen LogP contribution in [0.3, 0.4) is 0 Å². The van der Waals surface area contributed by atoms with Gasteiger partial charge in [-0.2, -0.15) is 18.3 Å². The van der Waals surface area contributed by atoms with E-state index in [1.54, 1.807) is 0 Å². The van der Waals surface area contributed by atoms with Gasteiger partial charge in [-0.1, -0.05) is 0 Å². The van der Waals surface area contributed by atoms with Crippen LogP contribution in [-0.2, 0) is 11.3 Å². The van der Waals surface area contributed by atoms with E-state index >= 15 is 0 Å². The molecule has 2 N–H and O–H groups in total. The van der Waals surface area contributed by atoms with Crippen molar-refractivity contribution in [3.8, 4) is 0 Å². The molecule has 9 nitrogen and oxygen atoms in total. The van der Waals surface area contributed by atoms with E-state index in [1.807, 2.05) is 4.98 Å². The molecule has 2 rings (SSSR count). The van der Waals surface area contributed by atoms with E-state index in [1.165, 1.54) is 0 Å². The first-order valence-corrected chi connectivity index (χ1v) is 5.78. The van der Waals surface area contributed by atoms with Gasteiger partial charge in [-0.25, -0.2) is 4.79 Å². The Kier molecular flexibility index (Phi) is 4.03. The summed E-state index contributed by atoms with van der Waals surface area (Å²) in [5.74, 6) is -1.75. The molecular formula is C10H8F3N4O5-. The Balaban J connectivity index is 2.32. The molecule has 0 saturated heterocycles. The molecule has 120 valence electrons. The molecule has 0 saturated carbocycles. The van der Waals surface area contributed by atoms with Gasteiger partial charge >= 0.3 is 11.9 Å². The topological polar surface area (TPSA) is 133 Å².